The van der Waals surface area contributed by atoms with Gasteiger partial charge < -0.3 is 26.2 Å². The van der Waals surface area contributed by atoms with Crippen LogP contribution in [0.2, 0.25) is 0 Å². The highest BCUT2D eigenvalue weighted by molar-refractivity contribution is 7.91. The number of carbonyl (C=O) groups is 3. The molecule has 1 unspecified atom stereocenters. The van der Waals surface area contributed by atoms with E-state index in [0.29, 0.717) is 12.8 Å². The second-order valence-corrected chi connectivity index (χ2v) is 12.7. The summed E-state index contributed by atoms with van der Waals surface area (Å²) in [7, 11) is -3.71. The molecule has 1 aromatic heterocycles. The summed E-state index contributed by atoms with van der Waals surface area (Å²) in [6.45, 7) is 5.79. The van der Waals surface area contributed by atoms with Crippen molar-refractivity contribution in [3.05, 3.63) is 66.0 Å². The van der Waals surface area contributed by atoms with Gasteiger partial charge in [-0.15, -0.1) is 0 Å². The van der Waals surface area contributed by atoms with E-state index in [0.717, 1.165) is 5.56 Å². The monoisotopic (exact) mass is 590 g/mol. The molecule has 0 fully saturated rings. The summed E-state index contributed by atoms with van der Waals surface area (Å²) in [6.07, 6.45) is 0.577. The molecular formula is C29H42N4O7S. The fraction of sp³-hybridized carbons (Fsp3) is 0.517. The summed E-state index contributed by atoms with van der Waals surface area (Å²) in [4.78, 5) is 42.5. The molecule has 1 heterocycles. The van der Waals surface area contributed by atoms with Gasteiger partial charge in [-0.05, 0) is 36.5 Å². The fourth-order valence-corrected chi connectivity index (χ4v) is 5.78. The van der Waals surface area contributed by atoms with Crippen LogP contribution < -0.4 is 16.0 Å². The number of hydrogen-bond acceptors (Lipinski definition) is 8. The van der Waals surface area contributed by atoms with E-state index in [1.54, 1.807) is 0 Å². The molecular weight excluding hydrogens is 548 g/mol. The van der Waals surface area contributed by atoms with Crippen LogP contribution in [0, 0.1) is 5.92 Å². The first kappa shape index (κ1) is 33.9. The number of sulfone groups is 1. The molecule has 0 spiro atoms. The van der Waals surface area contributed by atoms with Gasteiger partial charge in [-0.25, -0.2) is 8.42 Å². The van der Waals surface area contributed by atoms with Gasteiger partial charge >= 0.3 is 0 Å². The summed E-state index contributed by atoms with van der Waals surface area (Å²) in [5, 5.41) is 29.4. The van der Waals surface area contributed by atoms with Gasteiger partial charge in [-0.2, -0.15) is 0 Å². The van der Waals surface area contributed by atoms with Crippen LogP contribution in [0.5, 0.6) is 0 Å². The maximum absolute atomic E-state index is 13.4. The first-order valence-electron chi connectivity index (χ1n) is 13.8. The molecule has 12 heteroatoms. The van der Waals surface area contributed by atoms with Gasteiger partial charge in [0.05, 0.1) is 35.6 Å². The summed E-state index contributed by atoms with van der Waals surface area (Å²) >= 11 is 0. The van der Waals surface area contributed by atoms with Crippen LogP contribution in [0.4, 0.5) is 0 Å². The number of nitrogens with zero attached hydrogens (tertiary/aromatic N) is 1. The molecule has 0 aliphatic rings. The molecule has 2 rings (SSSR count). The number of nitrogens with one attached hydrogen (secondary N) is 3. The normalized spacial score (nSPS) is 14.5. The third kappa shape index (κ3) is 12.4. The number of hydrogen-bond donors (Lipinski definition) is 5. The van der Waals surface area contributed by atoms with E-state index < -0.39 is 64.0 Å². The highest BCUT2D eigenvalue weighted by atomic mass is 32.2. The zero-order valence-corrected chi connectivity index (χ0v) is 24.6. The maximum atomic E-state index is 13.4. The Morgan fingerprint density at radius 2 is 1.71 bits per heavy atom. The Kier molecular flexibility index (Phi) is 13.9. The van der Waals surface area contributed by atoms with Gasteiger partial charge in [0.2, 0.25) is 11.8 Å². The van der Waals surface area contributed by atoms with Crippen molar-refractivity contribution >= 4 is 27.6 Å². The van der Waals surface area contributed by atoms with Crippen molar-refractivity contribution < 1.29 is 33.0 Å². The predicted octanol–water partition coefficient (Wildman–Crippen LogP) is 1.35. The Labute approximate surface area is 242 Å². The topological polar surface area (TPSA) is 175 Å². The van der Waals surface area contributed by atoms with Crippen LogP contribution in [0.25, 0.3) is 0 Å². The molecule has 2 aromatic rings. The Morgan fingerprint density at radius 1 is 1.00 bits per heavy atom. The number of rotatable bonds is 17. The number of amides is 3. The van der Waals surface area contributed by atoms with Crippen LogP contribution in [-0.2, 0) is 26.0 Å². The molecule has 5 N–H and O–H groups in total. The molecule has 0 aliphatic carbocycles. The van der Waals surface area contributed by atoms with Crippen molar-refractivity contribution in [3.63, 3.8) is 0 Å². The lowest BCUT2D eigenvalue weighted by Gasteiger charge is -2.30. The van der Waals surface area contributed by atoms with E-state index in [-0.39, 0.29) is 30.2 Å². The fourth-order valence-electron chi connectivity index (χ4n) is 4.15. The van der Waals surface area contributed by atoms with E-state index in [9.17, 15) is 33.0 Å². The number of carbonyl (C=O) groups excluding carboxylic acids is 3. The second-order valence-electron chi connectivity index (χ2n) is 10.5. The molecule has 226 valence electrons. The molecule has 41 heavy (non-hydrogen) atoms. The highest BCUT2D eigenvalue weighted by Gasteiger charge is 2.34. The van der Waals surface area contributed by atoms with Crippen LogP contribution in [0.15, 0.2) is 54.9 Å². The smallest absolute Gasteiger partial charge is 0.253 e. The van der Waals surface area contributed by atoms with E-state index >= 15 is 0 Å². The average molecular weight is 591 g/mol. The Balaban J connectivity index is 2.15. The molecule has 1 aromatic carbocycles. The van der Waals surface area contributed by atoms with Gasteiger partial charge in [-0.1, -0.05) is 57.5 Å². The molecule has 3 amide bonds. The number of aliphatic hydroxyl groups excluding tert-OH is 2. The van der Waals surface area contributed by atoms with Crippen LogP contribution in [0.1, 0.15) is 62.4 Å². The second kappa shape index (κ2) is 16.8. The Bertz CT molecular complexity index is 1210. The quantitative estimate of drug-likeness (QED) is 0.184. The first-order chi connectivity index (χ1) is 19.4. The van der Waals surface area contributed by atoms with E-state index in [1.807, 2.05) is 51.1 Å². The standard InChI is InChI=1S/C29H42N4O7S/c1-4-5-14-41(39,40)19-24(33-28(37)22-12-9-13-30-18-22)29(38)32-23(15-20(2)3)27(36)25(34)16-26(35)31-17-21-10-7-6-8-11-21/h6-13,18,20,23-25,27,34,36H,4-5,14-17,19H2,1-3H3,(H,31,35)(H,32,38)(H,33,37)/t23-,24?,25+,27+/m0/s1. The summed E-state index contributed by atoms with van der Waals surface area (Å²) in [5.41, 5.74) is 1.01. The van der Waals surface area contributed by atoms with Gasteiger partial charge in [0.25, 0.3) is 5.91 Å². The SMILES string of the molecule is CCCCS(=O)(=O)CC(NC(=O)c1cccnc1)C(=O)N[C@@H](CC(C)C)[C@@H](O)[C@H](O)CC(=O)NCc1ccccc1. The zero-order valence-electron chi connectivity index (χ0n) is 23.8. The van der Waals surface area contributed by atoms with Crippen molar-refractivity contribution in [2.45, 2.75) is 77.3 Å². The van der Waals surface area contributed by atoms with Gasteiger partial charge in [0.15, 0.2) is 9.84 Å². The van der Waals surface area contributed by atoms with E-state index in [1.165, 1.54) is 24.5 Å². The molecule has 4 atom stereocenters. The van der Waals surface area contributed by atoms with Crippen LogP contribution >= 0.6 is 0 Å². The lowest BCUT2D eigenvalue weighted by atomic mass is 9.94. The van der Waals surface area contributed by atoms with Crippen molar-refractivity contribution in [1.29, 1.82) is 0 Å². The molecule has 0 bridgehead atoms. The van der Waals surface area contributed by atoms with Gasteiger partial charge in [-0.3, -0.25) is 19.4 Å². The summed E-state index contributed by atoms with van der Waals surface area (Å²) in [6, 6.07) is 9.73. The minimum atomic E-state index is -3.71. The third-order valence-electron chi connectivity index (χ3n) is 6.36. The van der Waals surface area contributed by atoms with E-state index in [4.69, 9.17) is 0 Å². The third-order valence-corrected chi connectivity index (χ3v) is 8.11. The Morgan fingerprint density at radius 3 is 2.32 bits per heavy atom. The predicted molar refractivity (Wildman–Crippen MR) is 155 cm³/mol. The lowest BCUT2D eigenvalue weighted by Crippen LogP contribution is -2.57. The number of pyridine rings is 1. The zero-order chi connectivity index (χ0) is 30.4. The Hall–Kier alpha value is -3.35. The van der Waals surface area contributed by atoms with Crippen molar-refractivity contribution in [1.82, 2.24) is 20.9 Å². The minimum absolute atomic E-state index is 0.0363. The van der Waals surface area contributed by atoms with Gasteiger partial charge in [0.1, 0.15) is 12.1 Å². The molecule has 0 radical (unpaired) electrons. The molecule has 0 saturated heterocycles. The maximum Gasteiger partial charge on any atom is 0.253 e. The summed E-state index contributed by atoms with van der Waals surface area (Å²) in [5.74, 6) is -2.82. The number of aromatic nitrogens is 1. The number of aliphatic hydroxyl groups is 2. The number of benzene rings is 1. The van der Waals surface area contributed by atoms with Crippen LogP contribution in [0.3, 0.4) is 0 Å². The van der Waals surface area contributed by atoms with Crippen LogP contribution in [-0.4, -0.2) is 77.1 Å². The largest absolute Gasteiger partial charge is 0.390 e. The van der Waals surface area contributed by atoms with E-state index in [2.05, 4.69) is 20.9 Å². The van der Waals surface area contributed by atoms with Crippen molar-refractivity contribution in [2.75, 3.05) is 11.5 Å². The first-order valence-corrected chi connectivity index (χ1v) is 15.6. The average Bonchev–Trinajstić information content (AvgIpc) is 2.94. The number of unbranched alkanes of at least 4 members (excludes halogenated alkanes) is 1. The summed E-state index contributed by atoms with van der Waals surface area (Å²) < 4.78 is 25.5. The molecule has 0 saturated carbocycles. The minimum Gasteiger partial charge on any atom is -0.390 e. The van der Waals surface area contributed by atoms with Crippen molar-refractivity contribution in [3.8, 4) is 0 Å². The highest BCUT2D eigenvalue weighted by Crippen LogP contribution is 2.14. The molecule has 11 nitrogen and oxygen atoms in total. The lowest BCUT2D eigenvalue weighted by molar-refractivity contribution is -0.127. The van der Waals surface area contributed by atoms with Crippen molar-refractivity contribution in [2.24, 2.45) is 5.92 Å². The van der Waals surface area contributed by atoms with Gasteiger partial charge in [0, 0.05) is 18.9 Å². The molecule has 0 aliphatic heterocycles.